The molecule has 0 aliphatic carbocycles. The minimum Gasteiger partial charge on any atom is -0.368 e. The third-order valence-corrected chi connectivity index (χ3v) is 4.78. The number of alkyl halides is 2. The highest BCUT2D eigenvalue weighted by Crippen LogP contribution is 2.29. The molecule has 0 spiro atoms. The van der Waals surface area contributed by atoms with Gasteiger partial charge in [0.15, 0.2) is 0 Å². The Balaban J connectivity index is 0.000000850. The first-order valence-corrected chi connectivity index (χ1v) is 11.8. The van der Waals surface area contributed by atoms with E-state index in [2.05, 4.69) is 34.4 Å². The lowest BCUT2D eigenvalue weighted by molar-refractivity contribution is -0.155. The summed E-state index contributed by atoms with van der Waals surface area (Å²) in [7, 11) is 0. The number of hydrogen-bond donors (Lipinski definition) is 5. The smallest absolute Gasteiger partial charge is 0.327 e. The second kappa shape index (κ2) is 12.5. The zero-order chi connectivity index (χ0) is 26.9. The van der Waals surface area contributed by atoms with Crippen LogP contribution in [0.25, 0.3) is 0 Å². The van der Waals surface area contributed by atoms with Crippen LogP contribution in [0.1, 0.15) is 46.6 Å². The van der Waals surface area contributed by atoms with Crippen molar-refractivity contribution in [2.45, 2.75) is 52.9 Å². The van der Waals surface area contributed by atoms with Crippen molar-refractivity contribution in [1.82, 2.24) is 20.6 Å². The lowest BCUT2D eigenvalue weighted by Crippen LogP contribution is -2.42. The lowest BCUT2D eigenvalue weighted by Gasteiger charge is -2.16. The van der Waals surface area contributed by atoms with Crippen molar-refractivity contribution in [3.63, 3.8) is 0 Å². The van der Waals surface area contributed by atoms with Gasteiger partial charge in [-0.05, 0) is 18.2 Å². The number of urea groups is 1. The number of hydrogen-bond acceptors (Lipinski definition) is 8. The number of amides is 2. The summed E-state index contributed by atoms with van der Waals surface area (Å²) >= 11 is 0. The van der Waals surface area contributed by atoms with E-state index in [9.17, 15) is 23.8 Å². The Morgan fingerprint density at radius 3 is 2.36 bits per heavy atom. The van der Waals surface area contributed by atoms with Gasteiger partial charge in [0.2, 0.25) is 5.95 Å². The van der Waals surface area contributed by atoms with Gasteiger partial charge in [0.1, 0.15) is 12.4 Å². The number of aliphatic hydroxyl groups is 2. The maximum Gasteiger partial charge on any atom is 0.327 e. The lowest BCUT2D eigenvalue weighted by atomic mass is 10.1. The van der Waals surface area contributed by atoms with Crippen LogP contribution in [0.3, 0.4) is 0 Å². The number of rotatable bonds is 6. The van der Waals surface area contributed by atoms with Gasteiger partial charge >= 0.3 is 6.03 Å². The van der Waals surface area contributed by atoms with Gasteiger partial charge in [-0.1, -0.05) is 46.2 Å². The summed E-state index contributed by atoms with van der Waals surface area (Å²) in [6.45, 7) is 9.57. The number of halogens is 2. The van der Waals surface area contributed by atoms with Crippen LogP contribution in [-0.4, -0.2) is 51.9 Å². The van der Waals surface area contributed by atoms with E-state index in [1.807, 2.05) is 30.3 Å². The second-order valence-corrected chi connectivity index (χ2v) is 8.03. The maximum atomic E-state index is 13.4. The molecule has 0 bridgehead atoms. The van der Waals surface area contributed by atoms with Gasteiger partial charge in [0, 0.05) is 36.3 Å². The first kappa shape index (κ1) is 28.7. The number of carbonyl (C=O) groups excluding carboxylic acids is 1. The molecule has 1 fully saturated rings. The first-order valence-electron chi connectivity index (χ1n) is 11.8. The van der Waals surface area contributed by atoms with Gasteiger partial charge in [-0.15, -0.1) is 0 Å². The van der Waals surface area contributed by atoms with E-state index in [0.717, 1.165) is 23.2 Å². The summed E-state index contributed by atoms with van der Waals surface area (Å²) in [5, 5.41) is 27.3. The van der Waals surface area contributed by atoms with E-state index in [4.69, 9.17) is 0 Å². The number of nitrogens with zero attached hydrogens (tertiary/aromatic N) is 4. The van der Waals surface area contributed by atoms with E-state index in [1.165, 1.54) is 30.8 Å². The fourth-order valence-electron chi connectivity index (χ4n) is 3.20. The van der Waals surface area contributed by atoms with Crippen molar-refractivity contribution >= 4 is 23.5 Å². The van der Waals surface area contributed by atoms with Crippen molar-refractivity contribution in [2.24, 2.45) is 0 Å². The van der Waals surface area contributed by atoms with Crippen molar-refractivity contribution in [1.29, 1.82) is 0 Å². The van der Waals surface area contributed by atoms with Crippen LogP contribution in [0, 0.1) is 0 Å². The van der Waals surface area contributed by atoms with E-state index < -0.39 is 17.9 Å². The fourth-order valence-corrected chi connectivity index (χ4v) is 3.20. The highest BCUT2D eigenvalue weighted by Gasteiger charge is 2.40. The van der Waals surface area contributed by atoms with E-state index >= 15 is 0 Å². The average molecular weight is 508 g/mol. The summed E-state index contributed by atoms with van der Waals surface area (Å²) in [5.74, 6) is -4.74. The highest BCUT2D eigenvalue weighted by molar-refractivity contribution is 5.93. The molecule has 0 radical (unpaired) electrons. The zero-order valence-electron chi connectivity index (χ0n) is 21.2. The number of carbonyl (C=O) groups is 1. The molecule has 1 aromatic heterocycles. The average Bonchev–Trinajstić information content (AvgIpc) is 3.42. The molecule has 0 saturated carbocycles. The van der Waals surface area contributed by atoms with Gasteiger partial charge in [-0.25, -0.2) is 18.6 Å². The Morgan fingerprint density at radius 1 is 1.17 bits per heavy atom. The van der Waals surface area contributed by atoms with Gasteiger partial charge in [-0.3, -0.25) is 10.2 Å². The van der Waals surface area contributed by atoms with E-state index in [-0.39, 0.29) is 23.9 Å². The van der Waals surface area contributed by atoms with Gasteiger partial charge in [0.25, 0.3) is 11.8 Å². The predicted octanol–water partition coefficient (Wildman–Crippen LogP) is 3.52. The second-order valence-electron chi connectivity index (χ2n) is 8.03. The number of anilines is 3. The Kier molecular flexibility index (Phi) is 9.93. The normalized spacial score (nSPS) is 16.1. The standard InChI is InChI=1S/C19H21F2N7O3.C3H8.C2H6/c1-18(20,21)12-2-4-14(5-3-12)27-9-13(24-11-27)8-23-16-22-7-6-15(25-16)28-10-19(30,31)26-17(28)29;1-3-2;1-2/h2-7,9,24,30-31H,8,10-11H2,1H3,(H,26,29)(H,22,23,25);3H2,1-2H3;1-2H3. The van der Waals surface area contributed by atoms with Crippen LogP contribution in [0.2, 0.25) is 0 Å². The van der Waals surface area contributed by atoms with Crippen molar-refractivity contribution in [2.75, 3.05) is 34.9 Å². The molecule has 2 aromatic rings. The molecule has 0 unspecified atom stereocenters. The molecule has 198 valence electrons. The summed E-state index contributed by atoms with van der Waals surface area (Å²) in [6, 6.07) is 6.87. The van der Waals surface area contributed by atoms with Gasteiger partial charge in [-0.2, -0.15) is 4.98 Å². The molecular formula is C24H35F2N7O3. The topological polar surface area (TPSA) is 126 Å². The molecule has 5 N–H and O–H groups in total. The maximum absolute atomic E-state index is 13.4. The summed E-state index contributed by atoms with van der Waals surface area (Å²) in [4.78, 5) is 23.1. The summed E-state index contributed by atoms with van der Waals surface area (Å²) < 4.78 is 26.7. The Hall–Kier alpha value is -3.51. The number of benzene rings is 1. The highest BCUT2D eigenvalue weighted by atomic mass is 19.3. The van der Waals surface area contributed by atoms with Crippen LogP contribution >= 0.6 is 0 Å². The minimum absolute atomic E-state index is 0.0439. The Labute approximate surface area is 210 Å². The first-order chi connectivity index (χ1) is 17.0. The van der Waals surface area contributed by atoms with Gasteiger partial charge < -0.3 is 25.7 Å². The molecule has 1 saturated heterocycles. The van der Waals surface area contributed by atoms with E-state index in [0.29, 0.717) is 13.2 Å². The third kappa shape index (κ3) is 7.75. The van der Waals surface area contributed by atoms with Crippen LogP contribution in [-0.2, 0) is 5.92 Å². The molecule has 4 rings (SSSR count). The molecule has 2 amide bonds. The van der Waals surface area contributed by atoms with Crippen LogP contribution < -0.4 is 25.8 Å². The number of nitrogens with one attached hydrogen (secondary N) is 3. The Morgan fingerprint density at radius 2 is 1.81 bits per heavy atom. The minimum atomic E-state index is -2.88. The van der Waals surface area contributed by atoms with Crippen molar-refractivity contribution in [3.8, 4) is 0 Å². The molecular weight excluding hydrogens is 472 g/mol. The molecule has 3 heterocycles. The summed E-state index contributed by atoms with van der Waals surface area (Å²) in [6.07, 6.45) is 4.54. The molecule has 0 atom stereocenters. The molecule has 10 nitrogen and oxygen atoms in total. The molecule has 1 aromatic carbocycles. The number of aromatic nitrogens is 2. The van der Waals surface area contributed by atoms with Crippen molar-refractivity contribution < 1.29 is 23.8 Å². The van der Waals surface area contributed by atoms with Gasteiger partial charge in [0.05, 0.1) is 13.2 Å². The largest absolute Gasteiger partial charge is 0.368 e. The molecule has 12 heteroatoms. The van der Waals surface area contributed by atoms with Crippen LogP contribution in [0.15, 0.2) is 48.4 Å². The zero-order valence-corrected chi connectivity index (χ0v) is 21.2. The third-order valence-electron chi connectivity index (χ3n) is 4.78. The fraction of sp³-hybridized carbons (Fsp3) is 0.458. The molecule has 2 aliphatic heterocycles. The molecule has 36 heavy (non-hydrogen) atoms. The van der Waals surface area contributed by atoms with Crippen LogP contribution in [0.5, 0.6) is 0 Å². The predicted molar refractivity (Wildman–Crippen MR) is 135 cm³/mol. The Bertz CT molecular complexity index is 1030. The SMILES string of the molecule is CC.CC(F)(F)c1ccc(N2C=C(CNc3nccc(N4CC(O)(O)NC4=O)n3)NC2)cc1.CCC. The van der Waals surface area contributed by atoms with Crippen LogP contribution in [0.4, 0.5) is 31.0 Å². The number of β-amino-alcohol motifs (C(OH)–C–C–N with tert-alkyl or cyclic N) is 2. The monoisotopic (exact) mass is 507 g/mol. The van der Waals surface area contributed by atoms with Crippen molar-refractivity contribution in [3.05, 3.63) is 54.0 Å². The quantitative estimate of drug-likeness (QED) is 0.376. The molecule has 2 aliphatic rings. The summed E-state index contributed by atoms with van der Waals surface area (Å²) in [5.41, 5.74) is 1.55. The van der Waals surface area contributed by atoms with E-state index in [1.54, 1.807) is 12.1 Å².